The fourth-order valence-electron chi connectivity index (χ4n) is 2.77. The molecule has 25 heavy (non-hydrogen) atoms. The minimum atomic E-state index is -0.580. The molecule has 0 spiro atoms. The number of hydrogen-bond acceptors (Lipinski definition) is 7. The Morgan fingerprint density at radius 3 is 3.00 bits per heavy atom. The predicted molar refractivity (Wildman–Crippen MR) is 94.1 cm³/mol. The molecule has 0 saturated carbocycles. The highest BCUT2D eigenvalue weighted by Gasteiger charge is 2.21. The lowest BCUT2D eigenvalue weighted by Gasteiger charge is -2.15. The van der Waals surface area contributed by atoms with E-state index in [2.05, 4.69) is 16.0 Å². The summed E-state index contributed by atoms with van der Waals surface area (Å²) in [7, 11) is 1.64. The Morgan fingerprint density at radius 1 is 1.36 bits per heavy atom. The molecule has 4 rings (SSSR count). The molecule has 8 heteroatoms. The average molecular weight is 355 g/mol. The largest absolute Gasteiger partial charge is 0.497 e. The van der Waals surface area contributed by atoms with Crippen LogP contribution in [0.15, 0.2) is 39.7 Å². The molecule has 0 unspecified atom stereocenters. The Kier molecular flexibility index (Phi) is 3.81. The number of nitrogens with zero attached hydrogens (tertiary/aromatic N) is 3. The van der Waals surface area contributed by atoms with Crippen molar-refractivity contribution in [1.29, 1.82) is 0 Å². The Bertz CT molecular complexity index is 990. The smallest absolute Gasteiger partial charge is 0.433 e. The standard InChI is InChI=1S/C17H13N3O4S/c1-23-11-4-2-10-3-6-14-16(13(10)8-11)19-17(25-14)18-9-12-5-7-15(24-12)20(21)22/h2,4-5,7-9H,3,6H2,1H3. The van der Waals surface area contributed by atoms with Gasteiger partial charge in [-0.2, -0.15) is 0 Å². The lowest BCUT2D eigenvalue weighted by molar-refractivity contribution is -0.402. The molecule has 1 aliphatic rings. The maximum atomic E-state index is 10.6. The van der Waals surface area contributed by atoms with E-state index in [1.807, 2.05) is 12.1 Å². The molecule has 0 aliphatic heterocycles. The van der Waals surface area contributed by atoms with E-state index in [1.54, 1.807) is 7.11 Å². The van der Waals surface area contributed by atoms with Crippen molar-refractivity contribution in [3.8, 4) is 17.0 Å². The van der Waals surface area contributed by atoms with Crippen molar-refractivity contribution >= 4 is 28.6 Å². The van der Waals surface area contributed by atoms with Crippen molar-refractivity contribution in [2.24, 2.45) is 4.99 Å². The van der Waals surface area contributed by atoms with Crippen LogP contribution in [0.4, 0.5) is 11.0 Å². The molecule has 1 aromatic carbocycles. The number of aromatic nitrogens is 1. The van der Waals surface area contributed by atoms with Gasteiger partial charge in [0.15, 0.2) is 5.76 Å². The number of furan rings is 1. The Hall–Kier alpha value is -3.00. The van der Waals surface area contributed by atoms with E-state index >= 15 is 0 Å². The van der Waals surface area contributed by atoms with Gasteiger partial charge in [0.2, 0.25) is 5.13 Å². The first-order valence-corrected chi connectivity index (χ1v) is 8.41. The van der Waals surface area contributed by atoms with Crippen LogP contribution in [0.1, 0.15) is 16.2 Å². The van der Waals surface area contributed by atoms with Gasteiger partial charge in [0.05, 0.1) is 25.1 Å². The van der Waals surface area contributed by atoms with Gasteiger partial charge in [-0.25, -0.2) is 9.98 Å². The molecular weight excluding hydrogens is 342 g/mol. The molecule has 0 atom stereocenters. The minimum absolute atomic E-state index is 0.305. The number of thiazole rings is 1. The summed E-state index contributed by atoms with van der Waals surface area (Å²) in [5.41, 5.74) is 3.26. The van der Waals surface area contributed by atoms with Gasteiger partial charge >= 0.3 is 5.88 Å². The van der Waals surface area contributed by atoms with Gasteiger partial charge in [0.25, 0.3) is 0 Å². The molecule has 0 N–H and O–H groups in total. The summed E-state index contributed by atoms with van der Waals surface area (Å²) >= 11 is 1.52. The summed E-state index contributed by atoms with van der Waals surface area (Å²) in [6.07, 6.45) is 3.33. The van der Waals surface area contributed by atoms with Crippen molar-refractivity contribution in [1.82, 2.24) is 4.98 Å². The maximum absolute atomic E-state index is 10.6. The molecule has 2 heterocycles. The molecule has 0 bridgehead atoms. The number of nitro groups is 1. The number of ether oxygens (including phenoxy) is 1. The third kappa shape index (κ3) is 2.91. The van der Waals surface area contributed by atoms with Gasteiger partial charge in [0, 0.05) is 10.4 Å². The van der Waals surface area contributed by atoms with E-state index < -0.39 is 4.92 Å². The number of fused-ring (bicyclic) bond motifs is 3. The zero-order chi connectivity index (χ0) is 17.4. The van der Waals surface area contributed by atoms with Crippen LogP contribution in [-0.2, 0) is 12.8 Å². The summed E-state index contributed by atoms with van der Waals surface area (Å²) in [6.45, 7) is 0. The van der Waals surface area contributed by atoms with Crippen molar-refractivity contribution in [3.05, 3.63) is 56.6 Å². The zero-order valence-electron chi connectivity index (χ0n) is 13.3. The number of methoxy groups -OCH3 is 1. The molecule has 0 amide bonds. The van der Waals surface area contributed by atoms with Gasteiger partial charge in [-0.05, 0) is 36.6 Å². The van der Waals surface area contributed by atoms with Gasteiger partial charge in [-0.3, -0.25) is 10.1 Å². The van der Waals surface area contributed by atoms with Crippen LogP contribution in [0.3, 0.4) is 0 Å². The highest BCUT2D eigenvalue weighted by Crippen LogP contribution is 2.40. The van der Waals surface area contributed by atoms with E-state index in [0.29, 0.717) is 10.9 Å². The first kappa shape index (κ1) is 15.5. The minimum Gasteiger partial charge on any atom is -0.497 e. The van der Waals surface area contributed by atoms with Gasteiger partial charge in [-0.15, -0.1) is 0 Å². The van der Waals surface area contributed by atoms with Crippen LogP contribution in [0.25, 0.3) is 11.3 Å². The van der Waals surface area contributed by atoms with Gasteiger partial charge < -0.3 is 9.15 Å². The topological polar surface area (TPSA) is 90.8 Å². The van der Waals surface area contributed by atoms with Crippen LogP contribution >= 0.6 is 11.3 Å². The third-order valence-corrected chi connectivity index (χ3v) is 5.00. The Morgan fingerprint density at radius 2 is 2.24 bits per heavy atom. The van der Waals surface area contributed by atoms with E-state index in [0.717, 1.165) is 29.8 Å². The van der Waals surface area contributed by atoms with Crippen molar-refractivity contribution in [2.45, 2.75) is 12.8 Å². The Balaban J connectivity index is 1.64. The molecule has 3 aromatic rings. The first-order chi connectivity index (χ1) is 12.1. The average Bonchev–Trinajstić information content (AvgIpc) is 3.26. The van der Waals surface area contributed by atoms with Crippen LogP contribution in [0, 0.1) is 10.1 Å². The van der Waals surface area contributed by atoms with E-state index in [4.69, 9.17) is 9.15 Å². The van der Waals surface area contributed by atoms with Crippen molar-refractivity contribution in [2.75, 3.05) is 7.11 Å². The summed E-state index contributed by atoms with van der Waals surface area (Å²) < 4.78 is 10.4. The third-order valence-electron chi connectivity index (χ3n) is 3.97. The first-order valence-electron chi connectivity index (χ1n) is 7.59. The molecule has 2 aromatic heterocycles. The normalized spacial score (nSPS) is 12.8. The number of hydrogen-bond donors (Lipinski definition) is 0. The van der Waals surface area contributed by atoms with Crippen LogP contribution in [-0.4, -0.2) is 23.2 Å². The molecule has 1 aliphatic carbocycles. The highest BCUT2D eigenvalue weighted by atomic mass is 32.1. The Labute approximate surface area is 146 Å². The number of aliphatic imine (C=N–C) groups is 1. The summed E-state index contributed by atoms with van der Waals surface area (Å²) in [4.78, 5) is 20.2. The second-order valence-electron chi connectivity index (χ2n) is 5.48. The maximum Gasteiger partial charge on any atom is 0.433 e. The summed E-state index contributed by atoms with van der Waals surface area (Å²) in [5.74, 6) is 0.815. The summed E-state index contributed by atoms with van der Waals surface area (Å²) in [6, 6.07) is 8.84. The highest BCUT2D eigenvalue weighted by molar-refractivity contribution is 7.15. The van der Waals surface area contributed by atoms with Crippen molar-refractivity contribution in [3.63, 3.8) is 0 Å². The fourth-order valence-corrected chi connectivity index (χ4v) is 3.69. The van der Waals surface area contributed by atoms with E-state index in [1.165, 1.54) is 40.1 Å². The second kappa shape index (κ2) is 6.14. The lowest BCUT2D eigenvalue weighted by Crippen LogP contribution is -2.02. The zero-order valence-corrected chi connectivity index (χ0v) is 14.1. The number of rotatable bonds is 4. The monoisotopic (exact) mass is 355 g/mol. The quantitative estimate of drug-likeness (QED) is 0.398. The molecule has 0 saturated heterocycles. The number of aryl methyl sites for hydroxylation is 2. The van der Waals surface area contributed by atoms with Gasteiger partial charge in [-0.1, -0.05) is 17.4 Å². The molecule has 7 nitrogen and oxygen atoms in total. The predicted octanol–water partition coefficient (Wildman–Crippen LogP) is 4.17. The molecular formula is C17H13N3O4S. The van der Waals surface area contributed by atoms with Crippen LogP contribution < -0.4 is 4.74 Å². The SMILES string of the molecule is COc1ccc2c(c1)-c1nc(N=Cc3ccc([N+](=O)[O-])o3)sc1CC2. The summed E-state index contributed by atoms with van der Waals surface area (Å²) in [5, 5.41) is 11.2. The lowest BCUT2D eigenvalue weighted by atomic mass is 9.93. The molecule has 0 fully saturated rings. The number of benzene rings is 1. The van der Waals surface area contributed by atoms with E-state index in [-0.39, 0.29) is 5.88 Å². The van der Waals surface area contributed by atoms with Crippen LogP contribution in [0.5, 0.6) is 5.75 Å². The fraction of sp³-hybridized carbons (Fsp3) is 0.176. The van der Waals surface area contributed by atoms with Crippen molar-refractivity contribution < 1.29 is 14.1 Å². The second-order valence-corrected chi connectivity index (χ2v) is 6.54. The van der Waals surface area contributed by atoms with Gasteiger partial charge in [0.1, 0.15) is 10.7 Å². The molecule has 0 radical (unpaired) electrons. The molecule has 126 valence electrons. The van der Waals surface area contributed by atoms with E-state index in [9.17, 15) is 10.1 Å². The van der Waals surface area contributed by atoms with Crippen LogP contribution in [0.2, 0.25) is 0 Å².